The summed E-state index contributed by atoms with van der Waals surface area (Å²) in [5.74, 6) is 0. The predicted octanol–water partition coefficient (Wildman–Crippen LogP) is 1.34. The Morgan fingerprint density at radius 2 is 2.29 bits per heavy atom. The third-order valence-corrected chi connectivity index (χ3v) is 1.86. The van der Waals surface area contributed by atoms with Gasteiger partial charge in [-0.25, -0.2) is 13.5 Å². The molecule has 0 saturated heterocycles. The number of nitrogens with zero attached hydrogens (tertiary/aromatic N) is 3. The van der Waals surface area contributed by atoms with Crippen LogP contribution in [0.2, 0.25) is 0 Å². The number of hydrogen-bond donors (Lipinski definition) is 1. The van der Waals surface area contributed by atoms with E-state index in [0.717, 1.165) is 17.5 Å². The van der Waals surface area contributed by atoms with Gasteiger partial charge in [-0.05, 0) is 6.42 Å². The summed E-state index contributed by atoms with van der Waals surface area (Å²) < 4.78 is 25.0. The van der Waals surface area contributed by atoms with Crippen LogP contribution >= 0.6 is 0 Å². The van der Waals surface area contributed by atoms with Crippen molar-refractivity contribution in [2.45, 2.75) is 38.8 Å². The SMILES string of the molecule is CCCC(N)c1cn(CC(F)F)nn1. The van der Waals surface area contributed by atoms with Gasteiger partial charge in [0.1, 0.15) is 6.54 Å². The Morgan fingerprint density at radius 3 is 2.86 bits per heavy atom. The van der Waals surface area contributed by atoms with E-state index in [4.69, 9.17) is 5.73 Å². The zero-order chi connectivity index (χ0) is 10.6. The summed E-state index contributed by atoms with van der Waals surface area (Å²) in [6, 6.07) is -0.202. The normalized spacial score (nSPS) is 13.5. The van der Waals surface area contributed by atoms with Gasteiger partial charge >= 0.3 is 0 Å². The molecule has 0 aliphatic carbocycles. The highest BCUT2D eigenvalue weighted by molar-refractivity contribution is 4.99. The maximum absolute atomic E-state index is 12.0. The Balaban J connectivity index is 2.58. The maximum Gasteiger partial charge on any atom is 0.257 e. The Bertz CT molecular complexity index is 274. The third-order valence-electron chi connectivity index (χ3n) is 1.86. The van der Waals surface area contributed by atoms with Gasteiger partial charge in [0.2, 0.25) is 0 Å². The minimum Gasteiger partial charge on any atom is -0.323 e. The smallest absolute Gasteiger partial charge is 0.257 e. The lowest BCUT2D eigenvalue weighted by atomic mass is 10.1. The second-order valence-electron chi connectivity index (χ2n) is 3.15. The van der Waals surface area contributed by atoms with Crippen molar-refractivity contribution in [1.29, 1.82) is 0 Å². The molecule has 1 heterocycles. The molecule has 1 unspecified atom stereocenters. The van der Waals surface area contributed by atoms with E-state index in [1.54, 1.807) is 0 Å². The van der Waals surface area contributed by atoms with Gasteiger partial charge in [-0.3, -0.25) is 0 Å². The lowest BCUT2D eigenvalue weighted by molar-refractivity contribution is 0.121. The number of nitrogens with two attached hydrogens (primary N) is 1. The average molecular weight is 204 g/mol. The molecule has 0 aliphatic rings. The molecule has 1 atom stereocenters. The van der Waals surface area contributed by atoms with Crippen molar-refractivity contribution in [2.75, 3.05) is 0 Å². The zero-order valence-electron chi connectivity index (χ0n) is 8.03. The Labute approximate surface area is 81.1 Å². The fraction of sp³-hybridized carbons (Fsp3) is 0.750. The van der Waals surface area contributed by atoms with Crippen molar-refractivity contribution in [1.82, 2.24) is 15.0 Å². The fourth-order valence-corrected chi connectivity index (χ4v) is 1.17. The van der Waals surface area contributed by atoms with Crippen LogP contribution in [0.25, 0.3) is 0 Å². The maximum atomic E-state index is 12.0. The van der Waals surface area contributed by atoms with Crippen LogP contribution in [0, 0.1) is 0 Å². The second kappa shape index (κ2) is 4.99. The first-order chi connectivity index (χ1) is 6.63. The van der Waals surface area contributed by atoms with E-state index < -0.39 is 13.0 Å². The topological polar surface area (TPSA) is 56.7 Å². The van der Waals surface area contributed by atoms with E-state index >= 15 is 0 Å². The van der Waals surface area contributed by atoms with Crippen molar-refractivity contribution in [3.63, 3.8) is 0 Å². The quantitative estimate of drug-likeness (QED) is 0.787. The highest BCUT2D eigenvalue weighted by Gasteiger charge is 2.11. The first kappa shape index (κ1) is 11.0. The number of alkyl halides is 2. The molecule has 0 amide bonds. The van der Waals surface area contributed by atoms with Gasteiger partial charge in [0.25, 0.3) is 6.43 Å². The van der Waals surface area contributed by atoms with Crippen LogP contribution in [0.5, 0.6) is 0 Å². The van der Waals surface area contributed by atoms with E-state index in [2.05, 4.69) is 10.3 Å². The van der Waals surface area contributed by atoms with Crippen LogP contribution in [-0.4, -0.2) is 21.4 Å². The predicted molar refractivity (Wildman–Crippen MR) is 47.9 cm³/mol. The molecular formula is C8H14F2N4. The zero-order valence-corrected chi connectivity index (χ0v) is 8.03. The molecule has 0 radical (unpaired) electrons. The van der Waals surface area contributed by atoms with Crippen LogP contribution in [0.1, 0.15) is 31.5 Å². The molecule has 0 spiro atoms. The molecule has 1 aromatic heterocycles. The molecule has 14 heavy (non-hydrogen) atoms. The van der Waals surface area contributed by atoms with Gasteiger partial charge in [0.05, 0.1) is 17.9 Å². The summed E-state index contributed by atoms with van der Waals surface area (Å²) in [5, 5.41) is 7.31. The summed E-state index contributed by atoms with van der Waals surface area (Å²) in [4.78, 5) is 0. The lowest BCUT2D eigenvalue weighted by Gasteiger charge is -2.04. The highest BCUT2D eigenvalue weighted by atomic mass is 19.3. The standard InChI is InChI=1S/C8H14F2N4/c1-2-3-6(11)7-4-14(13-12-7)5-8(9)10/h4,6,8H,2-3,5,11H2,1H3. The Morgan fingerprint density at radius 1 is 1.57 bits per heavy atom. The number of halogens is 2. The van der Waals surface area contributed by atoms with Crippen LogP contribution in [0.4, 0.5) is 8.78 Å². The Hall–Kier alpha value is -1.04. The fourth-order valence-electron chi connectivity index (χ4n) is 1.17. The molecule has 0 saturated carbocycles. The number of rotatable bonds is 5. The summed E-state index contributed by atoms with van der Waals surface area (Å²) in [5.41, 5.74) is 6.32. The first-order valence-corrected chi connectivity index (χ1v) is 4.57. The largest absolute Gasteiger partial charge is 0.323 e. The molecule has 1 rings (SSSR count). The molecule has 6 heteroatoms. The van der Waals surface area contributed by atoms with Crippen LogP contribution in [-0.2, 0) is 6.54 Å². The number of hydrogen-bond acceptors (Lipinski definition) is 3. The van der Waals surface area contributed by atoms with Crippen LogP contribution < -0.4 is 5.73 Å². The molecule has 1 aromatic rings. The van der Waals surface area contributed by atoms with Crippen molar-refractivity contribution >= 4 is 0 Å². The minimum atomic E-state index is -2.41. The van der Waals surface area contributed by atoms with Crippen LogP contribution in [0.15, 0.2) is 6.20 Å². The van der Waals surface area contributed by atoms with Gasteiger partial charge in [-0.2, -0.15) is 0 Å². The molecule has 80 valence electrons. The van der Waals surface area contributed by atoms with Gasteiger partial charge in [-0.1, -0.05) is 18.6 Å². The monoisotopic (exact) mass is 204 g/mol. The molecule has 0 aliphatic heterocycles. The molecule has 0 aromatic carbocycles. The van der Waals surface area contributed by atoms with Gasteiger partial charge in [0.15, 0.2) is 0 Å². The van der Waals surface area contributed by atoms with E-state index in [9.17, 15) is 8.78 Å². The van der Waals surface area contributed by atoms with E-state index in [1.807, 2.05) is 6.92 Å². The molecule has 2 N–H and O–H groups in total. The lowest BCUT2D eigenvalue weighted by Crippen LogP contribution is -2.10. The molecule has 4 nitrogen and oxygen atoms in total. The summed E-state index contributed by atoms with van der Waals surface area (Å²) in [6.07, 6.45) is 0.787. The van der Waals surface area contributed by atoms with Gasteiger partial charge < -0.3 is 5.73 Å². The molecule has 0 bridgehead atoms. The second-order valence-corrected chi connectivity index (χ2v) is 3.15. The van der Waals surface area contributed by atoms with Gasteiger partial charge in [-0.15, -0.1) is 5.10 Å². The summed E-state index contributed by atoms with van der Waals surface area (Å²) in [7, 11) is 0. The first-order valence-electron chi connectivity index (χ1n) is 4.57. The molecule has 0 fully saturated rings. The Kier molecular flexibility index (Phi) is 3.94. The van der Waals surface area contributed by atoms with Crippen molar-refractivity contribution in [3.05, 3.63) is 11.9 Å². The summed E-state index contributed by atoms with van der Waals surface area (Å²) >= 11 is 0. The van der Waals surface area contributed by atoms with Crippen molar-refractivity contribution in [2.24, 2.45) is 5.73 Å². The third kappa shape index (κ3) is 3.02. The summed E-state index contributed by atoms with van der Waals surface area (Å²) in [6.45, 7) is 1.58. The van der Waals surface area contributed by atoms with E-state index in [0.29, 0.717) is 5.69 Å². The van der Waals surface area contributed by atoms with Gasteiger partial charge in [0, 0.05) is 0 Å². The number of aromatic nitrogens is 3. The van der Waals surface area contributed by atoms with Crippen molar-refractivity contribution < 1.29 is 8.78 Å². The van der Waals surface area contributed by atoms with E-state index in [-0.39, 0.29) is 6.04 Å². The molecular weight excluding hydrogens is 190 g/mol. The van der Waals surface area contributed by atoms with Crippen molar-refractivity contribution in [3.8, 4) is 0 Å². The average Bonchev–Trinajstić information content (AvgIpc) is 2.52. The van der Waals surface area contributed by atoms with Crippen LogP contribution in [0.3, 0.4) is 0 Å². The highest BCUT2D eigenvalue weighted by Crippen LogP contribution is 2.12. The van der Waals surface area contributed by atoms with E-state index in [1.165, 1.54) is 6.20 Å². The minimum absolute atomic E-state index is 0.202.